The van der Waals surface area contributed by atoms with Gasteiger partial charge >= 0.3 is 0 Å². The van der Waals surface area contributed by atoms with Crippen LogP contribution in [0.15, 0.2) is 71.5 Å². The molecule has 2 aromatic carbocycles. The van der Waals surface area contributed by atoms with Crippen molar-refractivity contribution in [1.82, 2.24) is 4.90 Å². The van der Waals surface area contributed by atoms with Gasteiger partial charge in [-0.2, -0.15) is 15.8 Å². The minimum Gasteiger partial charge on any atom is -0.298 e. The van der Waals surface area contributed by atoms with Gasteiger partial charge in [-0.15, -0.1) is 0 Å². The number of hydrogen-bond acceptors (Lipinski definition) is 4. The summed E-state index contributed by atoms with van der Waals surface area (Å²) in [4.78, 5) is 1.94. The molecule has 5 heteroatoms. The van der Waals surface area contributed by atoms with E-state index in [2.05, 4.69) is 63.3 Å². The first-order valence-electron chi connectivity index (χ1n) is 14.0. The number of nitriles is 3. The Morgan fingerprint density at radius 2 is 1.85 bits per heavy atom. The molecule has 0 bridgehead atoms. The molecule has 40 heavy (non-hydrogen) atoms. The first-order chi connectivity index (χ1) is 19.2. The van der Waals surface area contributed by atoms with E-state index in [1.807, 2.05) is 37.8 Å². The number of amidine groups is 1. The van der Waals surface area contributed by atoms with Crippen LogP contribution < -0.4 is 0 Å². The van der Waals surface area contributed by atoms with Crippen LogP contribution in [0.5, 0.6) is 0 Å². The second-order valence-electron chi connectivity index (χ2n) is 10.8. The fraction of sp³-hybridized carbons (Fsp3) is 0.371. The summed E-state index contributed by atoms with van der Waals surface area (Å²) in [6.45, 7) is 12.6. The summed E-state index contributed by atoms with van der Waals surface area (Å²) < 4.78 is 0. The van der Waals surface area contributed by atoms with E-state index in [1.165, 1.54) is 5.56 Å². The van der Waals surface area contributed by atoms with Gasteiger partial charge in [-0.25, -0.2) is 0 Å². The molecule has 0 radical (unpaired) electrons. The van der Waals surface area contributed by atoms with Gasteiger partial charge in [-0.1, -0.05) is 69.7 Å². The van der Waals surface area contributed by atoms with E-state index in [1.54, 1.807) is 18.2 Å². The summed E-state index contributed by atoms with van der Waals surface area (Å²) in [5.41, 5.74) is 7.15. The van der Waals surface area contributed by atoms with Gasteiger partial charge in [0.1, 0.15) is 5.84 Å². The monoisotopic (exact) mass is 529 g/mol. The van der Waals surface area contributed by atoms with Crippen molar-refractivity contribution >= 4 is 11.5 Å². The van der Waals surface area contributed by atoms with Gasteiger partial charge in [-0.05, 0) is 80.2 Å². The Balaban J connectivity index is 2.38. The second-order valence-corrected chi connectivity index (χ2v) is 10.8. The van der Waals surface area contributed by atoms with E-state index in [0.29, 0.717) is 28.2 Å². The lowest BCUT2D eigenvalue weighted by Gasteiger charge is -2.38. The molecule has 3 rings (SSSR count). The maximum atomic E-state index is 9.94. The van der Waals surface area contributed by atoms with Crippen LogP contribution in [0.3, 0.4) is 0 Å². The minimum absolute atomic E-state index is 0.0352. The molecule has 2 unspecified atom stereocenters. The average Bonchev–Trinajstić information content (AvgIpc) is 3.09. The van der Waals surface area contributed by atoms with Crippen molar-refractivity contribution in [2.75, 3.05) is 0 Å². The topological polar surface area (TPSA) is 98.5 Å². The molecular formula is C35H39N5. The molecule has 0 aromatic heterocycles. The number of benzene rings is 2. The third-order valence-corrected chi connectivity index (χ3v) is 8.57. The quantitative estimate of drug-likeness (QED) is 0.160. The van der Waals surface area contributed by atoms with Crippen LogP contribution >= 0.6 is 0 Å². The van der Waals surface area contributed by atoms with Crippen LogP contribution in [0.2, 0.25) is 0 Å². The second kappa shape index (κ2) is 13.1. The highest BCUT2D eigenvalue weighted by Crippen LogP contribution is 2.47. The molecule has 2 aromatic rings. The molecule has 0 heterocycles. The normalized spacial score (nSPS) is 19.1. The van der Waals surface area contributed by atoms with Crippen molar-refractivity contribution < 1.29 is 0 Å². The molecule has 1 aliphatic rings. The van der Waals surface area contributed by atoms with E-state index in [9.17, 15) is 15.9 Å². The minimum atomic E-state index is -0.0352. The molecule has 5 nitrogen and oxygen atoms in total. The van der Waals surface area contributed by atoms with Gasteiger partial charge in [0.15, 0.2) is 0 Å². The van der Waals surface area contributed by atoms with Crippen molar-refractivity contribution in [3.8, 4) is 18.2 Å². The van der Waals surface area contributed by atoms with Crippen molar-refractivity contribution in [1.29, 1.82) is 21.2 Å². The smallest absolute Gasteiger partial charge is 0.137 e. The third-order valence-electron chi connectivity index (χ3n) is 8.57. The third kappa shape index (κ3) is 5.78. The van der Waals surface area contributed by atoms with Crippen molar-refractivity contribution in [3.05, 3.63) is 99.3 Å². The van der Waals surface area contributed by atoms with Gasteiger partial charge < -0.3 is 0 Å². The first-order valence-corrected chi connectivity index (χ1v) is 14.0. The number of nitrogens with zero attached hydrogens (tertiary/aromatic N) is 4. The molecule has 0 saturated heterocycles. The SMILES string of the molecule is CCCC1CC=C(N(C(=N)c2cc(C#N)ccc2C)/C(C)=C(C)/C(C#N)=C\CC#N)c2ccccc2C1(C)CC. The Kier molecular flexibility index (Phi) is 9.87. The summed E-state index contributed by atoms with van der Waals surface area (Å²) in [6, 6.07) is 20.5. The Morgan fingerprint density at radius 3 is 2.48 bits per heavy atom. The molecule has 1 aliphatic carbocycles. The van der Waals surface area contributed by atoms with Gasteiger partial charge in [-0.3, -0.25) is 10.3 Å². The fourth-order valence-corrected chi connectivity index (χ4v) is 5.85. The Bertz CT molecular complexity index is 1500. The molecule has 0 spiro atoms. The summed E-state index contributed by atoms with van der Waals surface area (Å²) in [5.74, 6) is 0.689. The predicted molar refractivity (Wildman–Crippen MR) is 162 cm³/mol. The maximum Gasteiger partial charge on any atom is 0.137 e. The zero-order valence-electron chi connectivity index (χ0n) is 24.6. The molecule has 1 N–H and O–H groups in total. The highest BCUT2D eigenvalue weighted by Gasteiger charge is 2.38. The van der Waals surface area contributed by atoms with E-state index in [-0.39, 0.29) is 17.7 Å². The molecule has 204 valence electrons. The summed E-state index contributed by atoms with van der Waals surface area (Å²) in [7, 11) is 0. The number of rotatable bonds is 8. The molecule has 2 atom stereocenters. The Morgan fingerprint density at radius 1 is 1.12 bits per heavy atom. The van der Waals surface area contributed by atoms with Crippen LogP contribution in [0, 0.1) is 52.2 Å². The summed E-state index contributed by atoms with van der Waals surface area (Å²) >= 11 is 0. The number of allylic oxidation sites excluding steroid dienone is 5. The predicted octanol–water partition coefficient (Wildman–Crippen LogP) is 8.68. The lowest BCUT2D eigenvalue weighted by Crippen LogP contribution is -2.32. The number of hydrogen-bond donors (Lipinski definition) is 1. The fourth-order valence-electron chi connectivity index (χ4n) is 5.85. The van der Waals surface area contributed by atoms with Gasteiger partial charge in [0.2, 0.25) is 0 Å². The zero-order chi connectivity index (χ0) is 29.4. The van der Waals surface area contributed by atoms with Gasteiger partial charge in [0, 0.05) is 16.8 Å². The average molecular weight is 530 g/mol. The van der Waals surface area contributed by atoms with E-state index < -0.39 is 0 Å². The van der Waals surface area contributed by atoms with Crippen LogP contribution in [0.25, 0.3) is 5.70 Å². The molecule has 0 fully saturated rings. The Hall–Kier alpha value is -4.40. The summed E-state index contributed by atoms with van der Waals surface area (Å²) in [6.07, 6.45) is 8.10. The Labute approximate surface area is 239 Å². The number of aryl methyl sites for hydroxylation is 1. The lowest BCUT2D eigenvalue weighted by atomic mass is 9.67. The van der Waals surface area contributed by atoms with Gasteiger partial charge in [0.25, 0.3) is 0 Å². The van der Waals surface area contributed by atoms with Crippen LogP contribution in [0.4, 0.5) is 0 Å². The van der Waals surface area contributed by atoms with E-state index in [4.69, 9.17) is 5.26 Å². The zero-order valence-corrected chi connectivity index (χ0v) is 24.6. The van der Waals surface area contributed by atoms with Crippen LogP contribution in [-0.2, 0) is 5.41 Å². The van der Waals surface area contributed by atoms with Crippen LogP contribution in [0.1, 0.15) is 94.5 Å². The molecular weight excluding hydrogens is 490 g/mol. The number of fused-ring (bicyclic) bond motifs is 1. The molecule has 0 amide bonds. The van der Waals surface area contributed by atoms with Crippen molar-refractivity contribution in [2.45, 2.75) is 79.1 Å². The standard InChI is InChI=1S/C35H39N5/c1-7-12-29-18-19-33(30-14-9-10-15-32(30)35(29,6)8-2)40(26(5)25(4)28(23-38)13-11-20-36)34(39)31-21-27(22-37)17-16-24(31)3/h9-10,13-17,19,21,29,39H,7-8,11-12,18H2,1-6H3/b26-25+,28-13-,39-34?. The summed E-state index contributed by atoms with van der Waals surface area (Å²) in [5, 5.41) is 38.3. The van der Waals surface area contributed by atoms with Crippen molar-refractivity contribution in [3.63, 3.8) is 0 Å². The highest BCUT2D eigenvalue weighted by atomic mass is 15.2. The molecule has 0 saturated carbocycles. The maximum absolute atomic E-state index is 9.94. The largest absolute Gasteiger partial charge is 0.298 e. The van der Waals surface area contributed by atoms with Crippen LogP contribution in [-0.4, -0.2) is 10.7 Å². The highest BCUT2D eigenvalue weighted by molar-refractivity contribution is 6.04. The number of nitrogens with one attached hydrogen (secondary N) is 1. The molecule has 0 aliphatic heterocycles. The van der Waals surface area contributed by atoms with E-state index in [0.717, 1.165) is 48.2 Å². The van der Waals surface area contributed by atoms with E-state index >= 15 is 0 Å². The van der Waals surface area contributed by atoms with Gasteiger partial charge in [0.05, 0.1) is 41.5 Å². The lowest BCUT2D eigenvalue weighted by molar-refractivity contribution is 0.266. The van der Waals surface area contributed by atoms with Crippen molar-refractivity contribution in [2.24, 2.45) is 5.92 Å². The first kappa shape index (κ1) is 30.1.